The molecular formula is C12H14BrN3. The fourth-order valence-electron chi connectivity index (χ4n) is 1.49. The first-order chi connectivity index (χ1) is 7.75. The Morgan fingerprint density at radius 2 is 2.06 bits per heavy atom. The van der Waals surface area contributed by atoms with Crippen molar-refractivity contribution in [2.45, 2.75) is 24.7 Å². The van der Waals surface area contributed by atoms with Gasteiger partial charge in [-0.2, -0.15) is 0 Å². The molecule has 0 saturated heterocycles. The molecular weight excluding hydrogens is 266 g/mol. The van der Waals surface area contributed by atoms with Gasteiger partial charge >= 0.3 is 0 Å². The number of nitrogens with zero attached hydrogens (tertiary/aromatic N) is 3. The minimum atomic E-state index is 0.262. The van der Waals surface area contributed by atoms with E-state index in [-0.39, 0.29) is 4.83 Å². The van der Waals surface area contributed by atoms with Crippen LogP contribution >= 0.6 is 15.9 Å². The van der Waals surface area contributed by atoms with E-state index in [0.29, 0.717) is 0 Å². The van der Waals surface area contributed by atoms with Gasteiger partial charge in [0.2, 0.25) is 0 Å². The van der Waals surface area contributed by atoms with Crippen LogP contribution in [0.25, 0.3) is 0 Å². The second-order valence-corrected chi connectivity index (χ2v) is 5.13. The number of alkyl halides is 1. The minimum absolute atomic E-state index is 0.262. The summed E-state index contributed by atoms with van der Waals surface area (Å²) in [5.41, 5.74) is 2.31. The molecule has 2 aromatic rings. The molecule has 3 nitrogen and oxygen atoms in total. The smallest absolute Gasteiger partial charge is 0.0960 e. The summed E-state index contributed by atoms with van der Waals surface area (Å²) in [6.45, 7) is 2.92. The van der Waals surface area contributed by atoms with E-state index in [1.165, 1.54) is 5.56 Å². The second kappa shape index (κ2) is 5.25. The number of rotatable bonds is 4. The summed E-state index contributed by atoms with van der Waals surface area (Å²) in [6.07, 6.45) is 2.97. The standard InChI is InChI=1S/C12H14BrN3/c1-10(13)12-9-16(15-14-12)8-7-11-5-3-2-4-6-11/h2-6,9-10H,7-8H2,1H3. The zero-order valence-electron chi connectivity index (χ0n) is 9.18. The number of hydrogen-bond donors (Lipinski definition) is 0. The van der Waals surface area contributed by atoms with E-state index in [1.807, 2.05) is 23.9 Å². The number of benzene rings is 1. The lowest BCUT2D eigenvalue weighted by Gasteiger charge is -2.00. The molecule has 1 atom stereocenters. The van der Waals surface area contributed by atoms with Gasteiger partial charge in [0.05, 0.1) is 10.5 Å². The largest absolute Gasteiger partial charge is 0.252 e. The quantitative estimate of drug-likeness (QED) is 0.806. The fourth-order valence-corrected chi connectivity index (χ4v) is 1.70. The SMILES string of the molecule is CC(Br)c1cn(CCc2ccccc2)nn1. The summed E-state index contributed by atoms with van der Waals surface area (Å²) < 4.78 is 1.89. The molecule has 0 aliphatic rings. The van der Waals surface area contributed by atoms with E-state index >= 15 is 0 Å². The molecule has 16 heavy (non-hydrogen) atoms. The Morgan fingerprint density at radius 3 is 2.69 bits per heavy atom. The zero-order valence-corrected chi connectivity index (χ0v) is 10.8. The first-order valence-corrected chi connectivity index (χ1v) is 6.25. The maximum Gasteiger partial charge on any atom is 0.0960 e. The molecule has 0 spiro atoms. The van der Waals surface area contributed by atoms with Crippen LogP contribution in [0.3, 0.4) is 0 Å². The number of hydrogen-bond acceptors (Lipinski definition) is 2. The van der Waals surface area contributed by atoms with Gasteiger partial charge in [-0.25, -0.2) is 0 Å². The Bertz CT molecular complexity index is 437. The molecule has 0 N–H and O–H groups in total. The Kier molecular flexibility index (Phi) is 3.72. The summed E-state index contributed by atoms with van der Waals surface area (Å²) >= 11 is 3.48. The summed E-state index contributed by atoms with van der Waals surface area (Å²) in [5, 5.41) is 8.18. The molecule has 1 aromatic heterocycles. The molecule has 0 radical (unpaired) electrons. The van der Waals surface area contributed by atoms with Crippen molar-refractivity contribution in [2.75, 3.05) is 0 Å². The van der Waals surface area contributed by atoms with Gasteiger partial charge in [0.25, 0.3) is 0 Å². The third-order valence-electron chi connectivity index (χ3n) is 2.44. The second-order valence-electron chi connectivity index (χ2n) is 3.76. The molecule has 1 unspecified atom stereocenters. The summed E-state index contributed by atoms with van der Waals surface area (Å²) in [7, 11) is 0. The molecule has 0 saturated carbocycles. The Morgan fingerprint density at radius 1 is 1.31 bits per heavy atom. The van der Waals surface area contributed by atoms with E-state index in [1.54, 1.807) is 0 Å². The molecule has 84 valence electrons. The maximum atomic E-state index is 4.09. The van der Waals surface area contributed by atoms with E-state index in [9.17, 15) is 0 Å². The van der Waals surface area contributed by atoms with Gasteiger partial charge in [-0.05, 0) is 18.9 Å². The highest BCUT2D eigenvalue weighted by Crippen LogP contribution is 2.18. The number of aromatic nitrogens is 3. The third-order valence-corrected chi connectivity index (χ3v) is 2.91. The normalized spacial score (nSPS) is 12.6. The molecule has 4 heteroatoms. The van der Waals surface area contributed by atoms with Crippen molar-refractivity contribution in [3.63, 3.8) is 0 Å². The molecule has 0 amide bonds. The van der Waals surface area contributed by atoms with Crippen molar-refractivity contribution in [1.29, 1.82) is 0 Å². The highest BCUT2D eigenvalue weighted by atomic mass is 79.9. The predicted octanol–water partition coefficient (Wildman–Crippen LogP) is 2.98. The highest BCUT2D eigenvalue weighted by molar-refractivity contribution is 9.09. The first-order valence-electron chi connectivity index (χ1n) is 5.34. The average Bonchev–Trinajstić information content (AvgIpc) is 2.76. The first kappa shape index (κ1) is 11.3. The summed E-state index contributed by atoms with van der Waals surface area (Å²) in [6, 6.07) is 10.4. The predicted molar refractivity (Wildman–Crippen MR) is 67.5 cm³/mol. The lowest BCUT2D eigenvalue weighted by Crippen LogP contribution is -2.01. The van der Waals surface area contributed by atoms with Crippen LogP contribution in [0.2, 0.25) is 0 Å². The highest BCUT2D eigenvalue weighted by Gasteiger charge is 2.05. The van der Waals surface area contributed by atoms with E-state index in [4.69, 9.17) is 0 Å². The van der Waals surface area contributed by atoms with E-state index in [2.05, 4.69) is 50.5 Å². The Labute approximate surface area is 104 Å². The lowest BCUT2D eigenvalue weighted by atomic mass is 10.1. The Balaban J connectivity index is 1.95. The van der Waals surface area contributed by atoms with Gasteiger partial charge in [-0.15, -0.1) is 5.10 Å². The van der Waals surface area contributed by atoms with Crippen molar-refractivity contribution in [2.24, 2.45) is 0 Å². The van der Waals surface area contributed by atoms with Gasteiger partial charge in [0.15, 0.2) is 0 Å². The monoisotopic (exact) mass is 279 g/mol. The molecule has 2 rings (SSSR count). The van der Waals surface area contributed by atoms with Gasteiger partial charge in [-0.3, -0.25) is 4.68 Å². The zero-order chi connectivity index (χ0) is 11.4. The topological polar surface area (TPSA) is 30.7 Å². The molecule has 0 aliphatic heterocycles. The molecule has 1 heterocycles. The van der Waals surface area contributed by atoms with Crippen LogP contribution < -0.4 is 0 Å². The van der Waals surface area contributed by atoms with E-state index in [0.717, 1.165) is 18.7 Å². The minimum Gasteiger partial charge on any atom is -0.252 e. The van der Waals surface area contributed by atoms with Crippen LogP contribution in [-0.2, 0) is 13.0 Å². The number of aryl methyl sites for hydroxylation is 2. The maximum absolute atomic E-state index is 4.09. The van der Waals surface area contributed by atoms with Gasteiger partial charge in [-0.1, -0.05) is 51.5 Å². The van der Waals surface area contributed by atoms with Crippen molar-refractivity contribution in [1.82, 2.24) is 15.0 Å². The van der Waals surface area contributed by atoms with Gasteiger partial charge < -0.3 is 0 Å². The van der Waals surface area contributed by atoms with Crippen LogP contribution in [0, 0.1) is 0 Å². The summed E-state index contributed by atoms with van der Waals surface area (Å²) in [5.74, 6) is 0. The molecule has 1 aromatic carbocycles. The van der Waals surface area contributed by atoms with E-state index < -0.39 is 0 Å². The van der Waals surface area contributed by atoms with Gasteiger partial charge in [0.1, 0.15) is 0 Å². The molecule has 0 fully saturated rings. The Hall–Kier alpha value is -1.16. The molecule has 0 aliphatic carbocycles. The molecule has 0 bridgehead atoms. The van der Waals surface area contributed by atoms with Crippen LogP contribution in [0.5, 0.6) is 0 Å². The van der Waals surface area contributed by atoms with Crippen LogP contribution in [-0.4, -0.2) is 15.0 Å². The third kappa shape index (κ3) is 2.92. The van der Waals surface area contributed by atoms with Crippen molar-refractivity contribution in [3.05, 3.63) is 47.8 Å². The van der Waals surface area contributed by atoms with Crippen molar-refractivity contribution in [3.8, 4) is 0 Å². The average molecular weight is 280 g/mol. The fraction of sp³-hybridized carbons (Fsp3) is 0.333. The summed E-state index contributed by atoms with van der Waals surface area (Å²) in [4.78, 5) is 0.262. The van der Waals surface area contributed by atoms with Crippen LogP contribution in [0.1, 0.15) is 23.0 Å². The van der Waals surface area contributed by atoms with Crippen LogP contribution in [0.15, 0.2) is 36.5 Å². The lowest BCUT2D eigenvalue weighted by molar-refractivity contribution is 0.589. The van der Waals surface area contributed by atoms with Gasteiger partial charge in [0, 0.05) is 12.7 Å². The van der Waals surface area contributed by atoms with Crippen LogP contribution in [0.4, 0.5) is 0 Å². The number of halogens is 1. The van der Waals surface area contributed by atoms with Crippen molar-refractivity contribution >= 4 is 15.9 Å². The van der Waals surface area contributed by atoms with Crippen molar-refractivity contribution < 1.29 is 0 Å².